The molecule has 2 unspecified atom stereocenters. The summed E-state index contributed by atoms with van der Waals surface area (Å²) in [6.45, 7) is 6.46. The maximum atomic E-state index is 12.6. The molecule has 2 nitrogen and oxygen atoms in total. The lowest BCUT2D eigenvalue weighted by atomic mass is 10.0. The summed E-state index contributed by atoms with van der Waals surface area (Å²) < 4.78 is 5.62. The van der Waals surface area contributed by atoms with Gasteiger partial charge >= 0.3 is 5.97 Å². The van der Waals surface area contributed by atoms with Gasteiger partial charge in [0.2, 0.25) is 0 Å². The van der Waals surface area contributed by atoms with E-state index in [1.165, 1.54) is 31.3 Å². The predicted molar refractivity (Wildman–Crippen MR) is 106 cm³/mol. The highest BCUT2D eigenvalue weighted by Gasteiger charge is 2.61. The number of terminal acetylenes is 1. The molecule has 0 saturated heterocycles. The standard InChI is InChI=1S/C24H28O2/c1-5-19(17(2)20-13-7-6-8-14-20)16-26-23(25)22-21(24(22,3)4)15-18-11-9-10-12-18/h1,6-8,13-15,21-22H,9-12,16H2,2-4H3. The number of hydrogen-bond acceptors (Lipinski definition) is 2. The van der Waals surface area contributed by atoms with Crippen LogP contribution >= 0.6 is 0 Å². The molecule has 136 valence electrons. The van der Waals surface area contributed by atoms with Crippen LogP contribution in [0.4, 0.5) is 0 Å². The zero-order valence-electron chi connectivity index (χ0n) is 16.0. The van der Waals surface area contributed by atoms with Gasteiger partial charge < -0.3 is 4.74 Å². The van der Waals surface area contributed by atoms with Crippen molar-refractivity contribution in [3.05, 3.63) is 53.1 Å². The largest absolute Gasteiger partial charge is 0.460 e. The van der Waals surface area contributed by atoms with E-state index in [2.05, 4.69) is 25.8 Å². The number of esters is 1. The molecular formula is C24H28O2. The lowest BCUT2D eigenvalue weighted by Gasteiger charge is -2.09. The maximum Gasteiger partial charge on any atom is 0.310 e. The number of rotatable bonds is 5. The van der Waals surface area contributed by atoms with Crippen molar-refractivity contribution in [1.82, 2.24) is 0 Å². The van der Waals surface area contributed by atoms with E-state index in [-0.39, 0.29) is 23.9 Å². The van der Waals surface area contributed by atoms with Gasteiger partial charge in [-0.3, -0.25) is 4.79 Å². The molecule has 0 spiro atoms. The van der Waals surface area contributed by atoms with Gasteiger partial charge in [0, 0.05) is 5.57 Å². The fourth-order valence-corrected chi connectivity index (χ4v) is 4.04. The van der Waals surface area contributed by atoms with Crippen molar-refractivity contribution in [1.29, 1.82) is 0 Å². The van der Waals surface area contributed by atoms with Crippen molar-refractivity contribution in [2.24, 2.45) is 17.3 Å². The van der Waals surface area contributed by atoms with Crippen LogP contribution in [0.3, 0.4) is 0 Å². The first-order valence-electron chi connectivity index (χ1n) is 9.53. The summed E-state index contributed by atoms with van der Waals surface area (Å²) in [6.07, 6.45) is 12.9. The molecule has 2 atom stereocenters. The van der Waals surface area contributed by atoms with Crippen LogP contribution in [-0.2, 0) is 9.53 Å². The van der Waals surface area contributed by atoms with Gasteiger partial charge in [0.25, 0.3) is 0 Å². The molecule has 1 aromatic rings. The van der Waals surface area contributed by atoms with E-state index >= 15 is 0 Å². The molecule has 3 rings (SSSR count). The van der Waals surface area contributed by atoms with E-state index in [0.29, 0.717) is 5.92 Å². The second-order valence-electron chi connectivity index (χ2n) is 8.08. The van der Waals surface area contributed by atoms with Gasteiger partial charge in [-0.2, -0.15) is 0 Å². The van der Waals surface area contributed by atoms with Crippen molar-refractivity contribution in [3.8, 4) is 12.3 Å². The normalized spacial score (nSPS) is 24.5. The van der Waals surface area contributed by atoms with E-state index in [9.17, 15) is 4.79 Å². The van der Waals surface area contributed by atoms with E-state index in [1.54, 1.807) is 0 Å². The molecule has 2 saturated carbocycles. The molecule has 0 heterocycles. The SMILES string of the molecule is C#CC(COC(=O)C1C(C=C2CCCC2)C1(C)C)=C(C)c1ccccc1. The maximum absolute atomic E-state index is 12.6. The third-order valence-electron chi connectivity index (χ3n) is 6.02. The second-order valence-corrected chi connectivity index (χ2v) is 8.08. The number of carbonyl (C=O) groups excluding carboxylic acids is 1. The molecule has 0 aliphatic heterocycles. The number of ether oxygens (including phenoxy) is 1. The first kappa shape index (κ1) is 18.5. The van der Waals surface area contributed by atoms with Crippen LogP contribution in [0, 0.1) is 29.6 Å². The number of hydrogen-bond donors (Lipinski definition) is 0. The average molecular weight is 348 g/mol. The molecule has 0 bridgehead atoms. The van der Waals surface area contributed by atoms with Crippen LogP contribution in [0.2, 0.25) is 0 Å². The van der Waals surface area contributed by atoms with Gasteiger partial charge in [0.15, 0.2) is 0 Å². The zero-order valence-corrected chi connectivity index (χ0v) is 16.0. The van der Waals surface area contributed by atoms with Crippen LogP contribution in [-0.4, -0.2) is 12.6 Å². The molecule has 1 aromatic carbocycles. The molecule has 2 heteroatoms. The van der Waals surface area contributed by atoms with Gasteiger partial charge in [-0.1, -0.05) is 61.7 Å². The fraction of sp³-hybridized carbons (Fsp3) is 0.458. The van der Waals surface area contributed by atoms with Gasteiger partial charge in [-0.15, -0.1) is 6.42 Å². The molecule has 26 heavy (non-hydrogen) atoms. The Morgan fingerprint density at radius 3 is 2.54 bits per heavy atom. The summed E-state index contributed by atoms with van der Waals surface area (Å²) in [5.74, 6) is 2.83. The Kier molecular flexibility index (Phi) is 5.37. The average Bonchev–Trinajstić information content (AvgIpc) is 2.98. The highest BCUT2D eigenvalue weighted by Crippen LogP contribution is 2.60. The second kappa shape index (κ2) is 7.54. The predicted octanol–water partition coefficient (Wildman–Crippen LogP) is 5.41. The van der Waals surface area contributed by atoms with Crippen LogP contribution in [0.1, 0.15) is 52.0 Å². The van der Waals surface area contributed by atoms with Crippen molar-refractivity contribution in [3.63, 3.8) is 0 Å². The quantitative estimate of drug-likeness (QED) is 0.404. The Labute approximate surface area is 157 Å². The highest BCUT2D eigenvalue weighted by molar-refractivity contribution is 5.79. The molecule has 2 aliphatic carbocycles. The third kappa shape index (κ3) is 3.78. The summed E-state index contributed by atoms with van der Waals surface area (Å²) in [7, 11) is 0. The first-order chi connectivity index (χ1) is 12.4. The summed E-state index contributed by atoms with van der Waals surface area (Å²) in [4.78, 5) is 12.6. The summed E-state index contributed by atoms with van der Waals surface area (Å²) >= 11 is 0. The summed E-state index contributed by atoms with van der Waals surface area (Å²) in [6, 6.07) is 9.96. The number of carbonyl (C=O) groups is 1. The van der Waals surface area contributed by atoms with Crippen molar-refractivity contribution in [2.75, 3.05) is 6.61 Å². The number of benzene rings is 1. The zero-order chi connectivity index (χ0) is 18.7. The molecule has 0 aromatic heterocycles. The van der Waals surface area contributed by atoms with Gasteiger partial charge in [-0.25, -0.2) is 0 Å². The van der Waals surface area contributed by atoms with E-state index < -0.39 is 0 Å². The molecule has 2 aliphatic rings. The lowest BCUT2D eigenvalue weighted by Crippen LogP contribution is -2.13. The Bertz CT molecular complexity index is 766. The smallest absolute Gasteiger partial charge is 0.310 e. The summed E-state index contributed by atoms with van der Waals surface area (Å²) in [5.41, 5.74) is 4.28. The summed E-state index contributed by atoms with van der Waals surface area (Å²) in [5, 5.41) is 0. The van der Waals surface area contributed by atoms with Gasteiger partial charge in [0.1, 0.15) is 6.61 Å². The van der Waals surface area contributed by atoms with E-state index in [0.717, 1.165) is 16.7 Å². The van der Waals surface area contributed by atoms with Crippen LogP contribution in [0.15, 0.2) is 47.6 Å². The topological polar surface area (TPSA) is 26.3 Å². The third-order valence-corrected chi connectivity index (χ3v) is 6.02. The van der Waals surface area contributed by atoms with Gasteiger partial charge in [-0.05, 0) is 55.1 Å². The van der Waals surface area contributed by atoms with Crippen molar-refractivity contribution in [2.45, 2.75) is 46.5 Å². The molecule has 0 N–H and O–H groups in total. The first-order valence-corrected chi connectivity index (χ1v) is 9.53. The van der Waals surface area contributed by atoms with Gasteiger partial charge in [0.05, 0.1) is 5.92 Å². The van der Waals surface area contributed by atoms with Crippen LogP contribution in [0.25, 0.3) is 5.57 Å². The minimum absolute atomic E-state index is 0.0127. The fourth-order valence-electron chi connectivity index (χ4n) is 4.04. The minimum atomic E-state index is -0.122. The van der Waals surface area contributed by atoms with E-state index in [1.807, 2.05) is 37.3 Å². The Hall–Kier alpha value is -2.27. The number of allylic oxidation sites excluding steroid dienone is 3. The van der Waals surface area contributed by atoms with Crippen molar-refractivity contribution >= 4 is 11.5 Å². The highest BCUT2D eigenvalue weighted by atomic mass is 16.5. The Morgan fingerprint density at radius 1 is 1.27 bits per heavy atom. The lowest BCUT2D eigenvalue weighted by molar-refractivity contribution is -0.145. The monoisotopic (exact) mass is 348 g/mol. The molecule has 0 amide bonds. The molecule has 0 radical (unpaired) electrons. The van der Waals surface area contributed by atoms with E-state index in [4.69, 9.17) is 11.2 Å². The van der Waals surface area contributed by atoms with Crippen LogP contribution < -0.4 is 0 Å². The van der Waals surface area contributed by atoms with Crippen LogP contribution in [0.5, 0.6) is 0 Å². The van der Waals surface area contributed by atoms with Crippen molar-refractivity contribution < 1.29 is 9.53 Å². The minimum Gasteiger partial charge on any atom is -0.460 e. The molecular weight excluding hydrogens is 320 g/mol. The molecule has 2 fully saturated rings. The Morgan fingerprint density at radius 2 is 1.92 bits per heavy atom. The Balaban J connectivity index is 1.65.